The van der Waals surface area contributed by atoms with E-state index in [1.165, 1.54) is 25.0 Å². The lowest BCUT2D eigenvalue weighted by Crippen LogP contribution is -2.26. The van der Waals surface area contributed by atoms with Gasteiger partial charge in [0.05, 0.1) is 5.69 Å². The number of thioether (sulfide) groups is 1. The van der Waals surface area contributed by atoms with Crippen LogP contribution in [0.3, 0.4) is 0 Å². The Bertz CT molecular complexity index is 364. The molecule has 102 valence electrons. The van der Waals surface area contributed by atoms with Gasteiger partial charge in [0.25, 0.3) is 0 Å². The van der Waals surface area contributed by atoms with Crippen molar-refractivity contribution in [3.05, 3.63) is 18.0 Å². The molecule has 4 heteroatoms. The van der Waals surface area contributed by atoms with Gasteiger partial charge >= 0.3 is 0 Å². The minimum Gasteiger partial charge on any atom is -0.308 e. The SMILES string of the molecule is CCC(C)n1ccc(CNC2CCC(SC)C2)n1. The van der Waals surface area contributed by atoms with Crippen molar-refractivity contribution in [2.24, 2.45) is 0 Å². The average molecular weight is 267 g/mol. The second-order valence-corrected chi connectivity index (χ2v) is 6.43. The molecule has 0 bridgehead atoms. The topological polar surface area (TPSA) is 29.9 Å². The highest BCUT2D eigenvalue weighted by Gasteiger charge is 2.23. The Hall–Kier alpha value is -0.480. The molecule has 0 aromatic carbocycles. The number of hydrogen-bond acceptors (Lipinski definition) is 3. The van der Waals surface area contributed by atoms with Crippen LogP contribution in [0.2, 0.25) is 0 Å². The van der Waals surface area contributed by atoms with Crippen molar-refractivity contribution < 1.29 is 0 Å². The quantitative estimate of drug-likeness (QED) is 0.858. The lowest BCUT2D eigenvalue weighted by atomic mass is 10.2. The van der Waals surface area contributed by atoms with E-state index >= 15 is 0 Å². The van der Waals surface area contributed by atoms with E-state index in [2.05, 4.69) is 47.5 Å². The summed E-state index contributed by atoms with van der Waals surface area (Å²) in [6, 6.07) is 3.34. The second kappa shape index (κ2) is 6.62. The van der Waals surface area contributed by atoms with Crippen molar-refractivity contribution in [3.8, 4) is 0 Å². The molecular formula is C14H25N3S. The third kappa shape index (κ3) is 3.51. The van der Waals surface area contributed by atoms with Gasteiger partial charge in [0.15, 0.2) is 0 Å². The van der Waals surface area contributed by atoms with Crippen molar-refractivity contribution >= 4 is 11.8 Å². The lowest BCUT2D eigenvalue weighted by Gasteiger charge is -2.12. The van der Waals surface area contributed by atoms with Crippen LogP contribution >= 0.6 is 11.8 Å². The molecule has 0 amide bonds. The molecule has 3 nitrogen and oxygen atoms in total. The molecule has 0 spiro atoms. The Balaban J connectivity index is 1.78. The summed E-state index contributed by atoms with van der Waals surface area (Å²) in [4.78, 5) is 0. The highest BCUT2D eigenvalue weighted by atomic mass is 32.2. The van der Waals surface area contributed by atoms with E-state index < -0.39 is 0 Å². The summed E-state index contributed by atoms with van der Waals surface area (Å²) >= 11 is 2.01. The average Bonchev–Trinajstić information content (AvgIpc) is 3.04. The Morgan fingerprint density at radius 1 is 1.56 bits per heavy atom. The fourth-order valence-electron chi connectivity index (χ4n) is 2.49. The second-order valence-electron chi connectivity index (χ2n) is 5.29. The zero-order chi connectivity index (χ0) is 13.0. The number of nitrogens with zero attached hydrogens (tertiary/aromatic N) is 2. The van der Waals surface area contributed by atoms with Crippen LogP contribution in [0.4, 0.5) is 0 Å². The van der Waals surface area contributed by atoms with Gasteiger partial charge in [-0.1, -0.05) is 6.92 Å². The molecule has 1 saturated carbocycles. The molecular weight excluding hydrogens is 242 g/mol. The molecule has 1 aliphatic carbocycles. The highest BCUT2D eigenvalue weighted by molar-refractivity contribution is 7.99. The molecule has 0 radical (unpaired) electrons. The predicted octanol–water partition coefficient (Wildman–Crippen LogP) is 3.23. The van der Waals surface area contributed by atoms with Gasteiger partial charge in [0.1, 0.15) is 0 Å². The van der Waals surface area contributed by atoms with Crippen molar-refractivity contribution in [2.45, 2.75) is 63.4 Å². The summed E-state index contributed by atoms with van der Waals surface area (Å²) in [6.07, 6.45) is 9.45. The van der Waals surface area contributed by atoms with Gasteiger partial charge < -0.3 is 5.32 Å². The monoisotopic (exact) mass is 267 g/mol. The summed E-state index contributed by atoms with van der Waals surface area (Å²) in [5.41, 5.74) is 1.17. The Kier molecular flexibility index (Phi) is 5.13. The molecule has 0 aliphatic heterocycles. The van der Waals surface area contributed by atoms with Crippen LogP contribution in [0.15, 0.2) is 12.3 Å². The first-order valence-corrected chi connectivity index (χ1v) is 8.32. The normalized spacial score (nSPS) is 25.5. The first kappa shape index (κ1) is 13.9. The molecule has 3 unspecified atom stereocenters. The van der Waals surface area contributed by atoms with Gasteiger partial charge in [-0.2, -0.15) is 16.9 Å². The molecule has 1 aromatic heterocycles. The van der Waals surface area contributed by atoms with Gasteiger partial charge in [0, 0.05) is 30.1 Å². The van der Waals surface area contributed by atoms with Crippen molar-refractivity contribution in [1.82, 2.24) is 15.1 Å². The van der Waals surface area contributed by atoms with Crippen LogP contribution in [0, 0.1) is 0 Å². The van der Waals surface area contributed by atoms with Gasteiger partial charge in [-0.3, -0.25) is 4.68 Å². The summed E-state index contributed by atoms with van der Waals surface area (Å²) < 4.78 is 2.08. The minimum absolute atomic E-state index is 0.506. The van der Waals surface area contributed by atoms with Gasteiger partial charge in [-0.15, -0.1) is 0 Å². The summed E-state index contributed by atoms with van der Waals surface area (Å²) in [5.74, 6) is 0. The minimum atomic E-state index is 0.506. The van der Waals surface area contributed by atoms with E-state index in [0.29, 0.717) is 12.1 Å². The maximum absolute atomic E-state index is 4.63. The van der Waals surface area contributed by atoms with Crippen LogP contribution in [-0.4, -0.2) is 27.3 Å². The molecule has 2 rings (SSSR count). The van der Waals surface area contributed by atoms with E-state index in [1.807, 2.05) is 11.8 Å². The molecule has 1 N–H and O–H groups in total. The Morgan fingerprint density at radius 3 is 3.06 bits per heavy atom. The zero-order valence-corrected chi connectivity index (χ0v) is 12.5. The van der Waals surface area contributed by atoms with Crippen LogP contribution in [0.5, 0.6) is 0 Å². The highest BCUT2D eigenvalue weighted by Crippen LogP contribution is 2.28. The summed E-state index contributed by atoms with van der Waals surface area (Å²) in [7, 11) is 0. The molecule has 0 saturated heterocycles. The maximum Gasteiger partial charge on any atom is 0.0762 e. The van der Waals surface area contributed by atoms with E-state index in [0.717, 1.165) is 18.2 Å². The van der Waals surface area contributed by atoms with Crippen molar-refractivity contribution in [2.75, 3.05) is 6.26 Å². The maximum atomic E-state index is 4.63. The number of nitrogens with one attached hydrogen (secondary N) is 1. The van der Waals surface area contributed by atoms with Gasteiger partial charge in [-0.25, -0.2) is 0 Å². The molecule has 1 aliphatic rings. The zero-order valence-electron chi connectivity index (χ0n) is 11.7. The fraction of sp³-hybridized carbons (Fsp3) is 0.786. The third-order valence-electron chi connectivity index (χ3n) is 4.00. The van der Waals surface area contributed by atoms with Gasteiger partial charge in [0.2, 0.25) is 0 Å². The van der Waals surface area contributed by atoms with Crippen LogP contribution < -0.4 is 5.32 Å². The third-order valence-corrected chi connectivity index (χ3v) is 5.09. The molecule has 3 atom stereocenters. The first-order chi connectivity index (χ1) is 8.72. The van der Waals surface area contributed by atoms with E-state index in [-0.39, 0.29) is 0 Å². The van der Waals surface area contributed by atoms with E-state index in [9.17, 15) is 0 Å². The first-order valence-electron chi connectivity index (χ1n) is 7.03. The van der Waals surface area contributed by atoms with E-state index in [4.69, 9.17) is 0 Å². The largest absolute Gasteiger partial charge is 0.308 e. The molecule has 1 heterocycles. The summed E-state index contributed by atoms with van der Waals surface area (Å²) in [6.45, 7) is 5.32. The van der Waals surface area contributed by atoms with Crippen LogP contribution in [-0.2, 0) is 6.54 Å². The van der Waals surface area contributed by atoms with Gasteiger partial charge in [-0.05, 0) is 44.9 Å². The van der Waals surface area contributed by atoms with Crippen molar-refractivity contribution in [3.63, 3.8) is 0 Å². The Morgan fingerprint density at radius 2 is 2.39 bits per heavy atom. The fourth-order valence-corrected chi connectivity index (χ4v) is 3.29. The number of hydrogen-bond donors (Lipinski definition) is 1. The Labute approximate surface area is 115 Å². The standard InChI is InChI=1S/C14H25N3S/c1-4-11(2)17-8-7-13(16-17)10-15-12-5-6-14(9-12)18-3/h7-8,11-12,14-15H,4-6,9-10H2,1-3H3. The number of rotatable bonds is 6. The predicted molar refractivity (Wildman–Crippen MR) is 79.0 cm³/mol. The van der Waals surface area contributed by atoms with E-state index in [1.54, 1.807) is 0 Å². The summed E-state index contributed by atoms with van der Waals surface area (Å²) in [5, 5.41) is 9.13. The van der Waals surface area contributed by atoms with Crippen LogP contribution in [0.1, 0.15) is 51.3 Å². The van der Waals surface area contributed by atoms with Crippen LogP contribution in [0.25, 0.3) is 0 Å². The lowest BCUT2D eigenvalue weighted by molar-refractivity contribution is 0.464. The molecule has 1 fully saturated rings. The molecule has 1 aromatic rings. The van der Waals surface area contributed by atoms with Crippen molar-refractivity contribution in [1.29, 1.82) is 0 Å². The number of aromatic nitrogens is 2. The smallest absolute Gasteiger partial charge is 0.0762 e. The molecule has 18 heavy (non-hydrogen) atoms.